The Bertz CT molecular complexity index is 874. The lowest BCUT2D eigenvalue weighted by Crippen LogP contribution is -2.48. The number of nitrogens with zero attached hydrogens (tertiary/aromatic N) is 2. The van der Waals surface area contributed by atoms with Gasteiger partial charge < -0.3 is 10.1 Å². The number of sulfonamides is 1. The van der Waals surface area contributed by atoms with Gasteiger partial charge in [0.2, 0.25) is 10.0 Å². The van der Waals surface area contributed by atoms with Gasteiger partial charge in [0.15, 0.2) is 6.10 Å². The van der Waals surface area contributed by atoms with Crippen molar-refractivity contribution in [3.8, 4) is 5.75 Å². The van der Waals surface area contributed by atoms with Crippen molar-refractivity contribution in [1.29, 1.82) is 0 Å². The Kier molecular flexibility index (Phi) is 4.33. The van der Waals surface area contributed by atoms with Crippen LogP contribution in [-0.4, -0.2) is 38.2 Å². The third kappa shape index (κ3) is 3.44. The molecule has 0 saturated heterocycles. The fourth-order valence-corrected chi connectivity index (χ4v) is 3.41. The van der Waals surface area contributed by atoms with Crippen molar-refractivity contribution in [3.63, 3.8) is 0 Å². The van der Waals surface area contributed by atoms with Crippen LogP contribution in [0.3, 0.4) is 0 Å². The van der Waals surface area contributed by atoms with Crippen molar-refractivity contribution in [1.82, 2.24) is 4.98 Å². The first-order chi connectivity index (χ1) is 11.3. The topological polar surface area (TPSA) is 88.6 Å². The summed E-state index contributed by atoms with van der Waals surface area (Å²) in [4.78, 5) is 16.3. The average Bonchev–Trinajstić information content (AvgIpc) is 2.53. The van der Waals surface area contributed by atoms with E-state index in [2.05, 4.69) is 10.3 Å². The molecule has 7 nitrogen and oxygen atoms in total. The molecule has 1 unspecified atom stereocenters. The number of halogens is 1. The molecule has 0 bridgehead atoms. The van der Waals surface area contributed by atoms with Crippen LogP contribution in [0.2, 0.25) is 5.02 Å². The summed E-state index contributed by atoms with van der Waals surface area (Å²) in [5, 5.41) is 3.03. The zero-order valence-electron chi connectivity index (χ0n) is 12.6. The van der Waals surface area contributed by atoms with Gasteiger partial charge in [-0.25, -0.2) is 8.42 Å². The number of fused-ring (bicyclic) bond motifs is 1. The van der Waals surface area contributed by atoms with Crippen molar-refractivity contribution in [2.45, 2.75) is 6.10 Å². The van der Waals surface area contributed by atoms with Crippen LogP contribution in [0.25, 0.3) is 0 Å². The Labute approximate surface area is 144 Å². The summed E-state index contributed by atoms with van der Waals surface area (Å²) >= 11 is 5.94. The number of amides is 1. The van der Waals surface area contributed by atoms with Gasteiger partial charge in [-0.05, 0) is 30.3 Å². The van der Waals surface area contributed by atoms with Crippen molar-refractivity contribution in [2.75, 3.05) is 22.4 Å². The Morgan fingerprint density at radius 2 is 2.21 bits per heavy atom. The maximum Gasteiger partial charge on any atom is 0.267 e. The van der Waals surface area contributed by atoms with Crippen LogP contribution in [-0.2, 0) is 14.8 Å². The molecule has 1 atom stereocenters. The van der Waals surface area contributed by atoms with Gasteiger partial charge in [-0.2, -0.15) is 0 Å². The predicted molar refractivity (Wildman–Crippen MR) is 90.9 cm³/mol. The highest BCUT2D eigenvalue weighted by Gasteiger charge is 2.35. The van der Waals surface area contributed by atoms with Crippen LogP contribution in [0.5, 0.6) is 5.75 Å². The highest BCUT2D eigenvalue weighted by atomic mass is 35.5. The van der Waals surface area contributed by atoms with Crippen LogP contribution < -0.4 is 14.4 Å². The van der Waals surface area contributed by atoms with E-state index in [4.69, 9.17) is 16.3 Å². The molecule has 1 amide bonds. The lowest BCUT2D eigenvalue weighted by atomic mass is 10.2. The molecule has 0 fully saturated rings. The lowest BCUT2D eigenvalue weighted by molar-refractivity contribution is -0.122. The van der Waals surface area contributed by atoms with E-state index in [-0.39, 0.29) is 12.3 Å². The molecule has 0 saturated carbocycles. The fraction of sp³-hybridized carbons (Fsp3) is 0.200. The molecule has 0 radical (unpaired) electrons. The lowest BCUT2D eigenvalue weighted by Gasteiger charge is -2.34. The molecule has 3 rings (SSSR count). The number of benzene rings is 1. The molecule has 1 aliphatic rings. The Morgan fingerprint density at radius 1 is 1.42 bits per heavy atom. The van der Waals surface area contributed by atoms with E-state index < -0.39 is 22.0 Å². The Hall–Kier alpha value is -2.32. The average molecular weight is 368 g/mol. The second kappa shape index (κ2) is 6.29. The van der Waals surface area contributed by atoms with Crippen molar-refractivity contribution < 1.29 is 17.9 Å². The quantitative estimate of drug-likeness (QED) is 0.895. The van der Waals surface area contributed by atoms with Gasteiger partial charge >= 0.3 is 0 Å². The number of nitrogens with one attached hydrogen (secondary N) is 1. The van der Waals surface area contributed by atoms with Crippen molar-refractivity contribution in [3.05, 3.63) is 47.7 Å². The normalized spacial score (nSPS) is 16.9. The van der Waals surface area contributed by atoms with E-state index in [1.807, 2.05) is 0 Å². The molecular weight excluding hydrogens is 354 g/mol. The van der Waals surface area contributed by atoms with Gasteiger partial charge in [0, 0.05) is 11.2 Å². The second-order valence-electron chi connectivity index (χ2n) is 5.24. The SMILES string of the molecule is CS(=O)(=O)N1CC(C(=O)Nc2cccnc2)Oc2ccc(Cl)cc21. The monoisotopic (exact) mass is 367 g/mol. The molecule has 1 aliphatic heterocycles. The van der Waals surface area contributed by atoms with Crippen LogP contribution in [0.1, 0.15) is 0 Å². The van der Waals surface area contributed by atoms with Crippen LogP contribution in [0.4, 0.5) is 11.4 Å². The molecule has 126 valence electrons. The molecule has 9 heteroatoms. The Morgan fingerprint density at radius 3 is 2.88 bits per heavy atom. The number of carbonyl (C=O) groups excluding carboxylic acids is 1. The van der Waals surface area contributed by atoms with Crippen molar-refractivity contribution in [2.24, 2.45) is 0 Å². The number of pyridine rings is 1. The molecule has 2 heterocycles. The molecule has 1 aromatic carbocycles. The van der Waals surface area contributed by atoms with Gasteiger partial charge in [-0.15, -0.1) is 0 Å². The van der Waals surface area contributed by atoms with Crippen LogP contribution in [0, 0.1) is 0 Å². The van der Waals surface area contributed by atoms with Gasteiger partial charge in [0.1, 0.15) is 5.75 Å². The number of carbonyl (C=O) groups is 1. The molecule has 24 heavy (non-hydrogen) atoms. The first-order valence-electron chi connectivity index (χ1n) is 6.99. The van der Waals surface area contributed by atoms with Gasteiger partial charge in [-0.1, -0.05) is 11.6 Å². The number of aromatic nitrogens is 1. The third-order valence-corrected chi connectivity index (χ3v) is 4.79. The summed E-state index contributed by atoms with van der Waals surface area (Å²) in [6.07, 6.45) is 3.15. The summed E-state index contributed by atoms with van der Waals surface area (Å²) < 4.78 is 30.9. The molecule has 0 spiro atoms. The summed E-state index contributed by atoms with van der Waals surface area (Å²) in [6, 6.07) is 7.96. The molecule has 2 aromatic rings. The minimum absolute atomic E-state index is 0.141. The molecule has 0 aliphatic carbocycles. The van der Waals surface area contributed by atoms with Gasteiger partial charge in [0.25, 0.3) is 5.91 Å². The predicted octanol–water partition coefficient (Wildman–Crippen LogP) is 1.90. The van der Waals surface area contributed by atoms with E-state index in [9.17, 15) is 13.2 Å². The standard InChI is InChI=1S/C15H14ClN3O4S/c1-24(21,22)19-9-14(15(20)18-11-3-2-6-17-8-11)23-13-5-4-10(16)7-12(13)19/h2-8,14H,9H2,1H3,(H,18,20). The molecule has 1 N–H and O–H groups in total. The fourth-order valence-electron chi connectivity index (χ4n) is 2.33. The number of ether oxygens (including phenoxy) is 1. The maximum atomic E-state index is 12.4. The zero-order chi connectivity index (χ0) is 17.3. The summed E-state index contributed by atoms with van der Waals surface area (Å²) in [6.45, 7) is -0.141. The van der Waals surface area contributed by atoms with Gasteiger partial charge in [-0.3, -0.25) is 14.1 Å². The van der Waals surface area contributed by atoms with E-state index in [0.29, 0.717) is 16.4 Å². The number of anilines is 2. The third-order valence-electron chi connectivity index (χ3n) is 3.41. The summed E-state index contributed by atoms with van der Waals surface area (Å²) in [5.41, 5.74) is 0.814. The van der Waals surface area contributed by atoms with E-state index in [1.165, 1.54) is 12.3 Å². The molecule has 1 aromatic heterocycles. The number of hydrogen-bond donors (Lipinski definition) is 1. The minimum Gasteiger partial charge on any atom is -0.476 e. The maximum absolute atomic E-state index is 12.4. The van der Waals surface area contributed by atoms with Crippen molar-refractivity contribution >= 4 is 38.9 Å². The minimum atomic E-state index is -3.59. The van der Waals surface area contributed by atoms with Gasteiger partial charge in [0.05, 0.1) is 30.4 Å². The van der Waals surface area contributed by atoms with Crippen LogP contribution in [0.15, 0.2) is 42.7 Å². The van der Waals surface area contributed by atoms with Crippen LogP contribution >= 0.6 is 11.6 Å². The first-order valence-corrected chi connectivity index (χ1v) is 9.22. The van der Waals surface area contributed by atoms with E-state index in [0.717, 1.165) is 10.6 Å². The van der Waals surface area contributed by atoms with E-state index >= 15 is 0 Å². The zero-order valence-corrected chi connectivity index (χ0v) is 14.2. The first kappa shape index (κ1) is 16.5. The highest BCUT2D eigenvalue weighted by Crippen LogP contribution is 2.37. The number of rotatable bonds is 3. The molecular formula is C15H14ClN3O4S. The summed E-state index contributed by atoms with van der Waals surface area (Å²) in [5.74, 6) is -0.181. The summed E-state index contributed by atoms with van der Waals surface area (Å²) in [7, 11) is -3.59. The number of hydrogen-bond acceptors (Lipinski definition) is 5. The largest absolute Gasteiger partial charge is 0.476 e. The second-order valence-corrected chi connectivity index (χ2v) is 7.59. The van der Waals surface area contributed by atoms with E-state index in [1.54, 1.807) is 30.5 Å². The highest BCUT2D eigenvalue weighted by molar-refractivity contribution is 7.92. The Balaban J connectivity index is 1.89. The smallest absolute Gasteiger partial charge is 0.267 e.